The Morgan fingerprint density at radius 3 is 2.46 bits per heavy atom. The molecule has 0 saturated heterocycles. The van der Waals surface area contributed by atoms with Crippen LogP contribution in [0.5, 0.6) is 0 Å². The molecule has 2 aromatic rings. The van der Waals surface area contributed by atoms with E-state index in [1.165, 1.54) is 33.7 Å². The van der Waals surface area contributed by atoms with E-state index in [1.54, 1.807) is 5.20 Å². The molecule has 0 spiro atoms. The second kappa shape index (κ2) is 10.8. The van der Waals surface area contributed by atoms with Crippen LogP contribution in [0.3, 0.4) is 0 Å². The van der Waals surface area contributed by atoms with Crippen molar-refractivity contribution in [2.24, 2.45) is 0 Å². The van der Waals surface area contributed by atoms with Crippen molar-refractivity contribution in [2.45, 2.75) is 25.6 Å². The molecule has 1 unspecified atom stereocenters. The summed E-state index contributed by atoms with van der Waals surface area (Å²) in [5.41, 5.74) is 3.97. The van der Waals surface area contributed by atoms with Crippen LogP contribution in [0.4, 0.5) is 5.69 Å². The van der Waals surface area contributed by atoms with Gasteiger partial charge in [-0.3, -0.25) is 0 Å². The van der Waals surface area contributed by atoms with E-state index in [0.29, 0.717) is 6.04 Å². The maximum atomic E-state index is 3.39. The summed E-state index contributed by atoms with van der Waals surface area (Å²) in [6.07, 6.45) is 10.2. The Bertz CT molecular complexity index is 998. The Labute approximate surface area is 201 Å². The van der Waals surface area contributed by atoms with Crippen molar-refractivity contribution in [2.75, 3.05) is 11.9 Å². The van der Waals surface area contributed by atoms with E-state index in [9.17, 15) is 0 Å². The SMILES string of the molecule is CN1c2ccc[c-]c2C2=c3ccccc3=CC21.C[Si](C)C1=CC=CC1.Cl.Cl.[Zr]. The number of rotatable bonds is 1. The second-order valence-corrected chi connectivity index (χ2v) is 9.62. The molecular weight excluding hydrogens is 480 g/mol. The first-order valence-corrected chi connectivity index (χ1v) is 11.4. The number of likely N-dealkylation sites (N-methyl/N-ethyl adjacent to an activating group) is 1. The van der Waals surface area contributed by atoms with E-state index in [1.807, 2.05) is 6.07 Å². The third kappa shape index (κ3) is 4.65. The summed E-state index contributed by atoms with van der Waals surface area (Å²) >= 11 is 0. The van der Waals surface area contributed by atoms with Crippen molar-refractivity contribution < 1.29 is 26.2 Å². The molecule has 28 heavy (non-hydrogen) atoms. The molecule has 1 aliphatic heterocycles. The van der Waals surface area contributed by atoms with Crippen molar-refractivity contribution in [3.05, 3.63) is 88.0 Å². The normalized spacial score (nSPS) is 17.0. The number of hydrogen-bond donors (Lipinski definition) is 0. The predicted molar refractivity (Wildman–Crippen MR) is 124 cm³/mol. The summed E-state index contributed by atoms with van der Waals surface area (Å²) in [7, 11) is 2.05. The molecule has 0 saturated carbocycles. The van der Waals surface area contributed by atoms with Gasteiger partial charge in [0.25, 0.3) is 0 Å². The minimum atomic E-state index is -0.114. The number of fused-ring (bicyclic) bond motifs is 4. The fraction of sp³-hybridized carbons (Fsp3) is 0.217. The summed E-state index contributed by atoms with van der Waals surface area (Å²) < 4.78 is 0. The van der Waals surface area contributed by atoms with Crippen LogP contribution in [0.2, 0.25) is 13.1 Å². The largest absolute Gasteiger partial charge is 0.411 e. The van der Waals surface area contributed by atoms with E-state index in [4.69, 9.17) is 0 Å². The van der Waals surface area contributed by atoms with Gasteiger partial charge < -0.3 is 4.90 Å². The zero-order valence-corrected chi connectivity index (χ0v) is 21.5. The smallest absolute Gasteiger partial charge is 0.0741 e. The Morgan fingerprint density at radius 2 is 1.82 bits per heavy atom. The van der Waals surface area contributed by atoms with Crippen molar-refractivity contribution in [1.82, 2.24) is 0 Å². The molecule has 0 amide bonds. The standard InChI is InChI=1S/C16H12N.C7H11Si.2ClH.Zr/c1-17-14-9-5-4-8-13(14)16-12-7-3-2-6-11(12)10-15(16)17;1-8(2)7-5-3-4-6-7;;;/h2-7,9-10,15H,1H3;3-5H,6H2,1-2H3;2*1H;/q-1;;;;. The van der Waals surface area contributed by atoms with Gasteiger partial charge in [-0.15, -0.1) is 54.6 Å². The monoisotopic (exact) mass is 503 g/mol. The van der Waals surface area contributed by atoms with E-state index in [0.717, 1.165) is 0 Å². The minimum Gasteiger partial charge on any atom is -0.411 e. The Hall–Kier alpha value is -0.860. The molecule has 0 N–H and O–H groups in total. The van der Waals surface area contributed by atoms with Crippen LogP contribution < -0.4 is 15.3 Å². The third-order valence-corrected chi connectivity index (χ3v) is 6.85. The minimum absolute atomic E-state index is 0. The number of anilines is 1. The molecule has 1 radical (unpaired) electrons. The third-order valence-electron chi connectivity index (χ3n) is 5.20. The van der Waals surface area contributed by atoms with E-state index < -0.39 is 0 Å². The van der Waals surface area contributed by atoms with Crippen molar-refractivity contribution in [3.63, 3.8) is 0 Å². The van der Waals surface area contributed by atoms with Gasteiger partial charge in [0.05, 0.1) is 8.80 Å². The molecule has 2 aromatic carbocycles. The van der Waals surface area contributed by atoms with Crippen LogP contribution in [-0.4, -0.2) is 21.9 Å². The molecule has 5 rings (SSSR count). The van der Waals surface area contributed by atoms with Crippen LogP contribution in [-0.2, 0) is 26.2 Å². The van der Waals surface area contributed by atoms with Gasteiger partial charge in [0.1, 0.15) is 0 Å². The molecule has 2 aliphatic carbocycles. The maximum absolute atomic E-state index is 3.39. The fourth-order valence-electron chi connectivity index (χ4n) is 3.79. The van der Waals surface area contributed by atoms with Gasteiger partial charge in [0.15, 0.2) is 0 Å². The van der Waals surface area contributed by atoms with Gasteiger partial charge >= 0.3 is 0 Å². The summed E-state index contributed by atoms with van der Waals surface area (Å²) in [4.78, 5) is 2.33. The van der Waals surface area contributed by atoms with Crippen LogP contribution in [0.25, 0.3) is 11.6 Å². The fourth-order valence-corrected chi connectivity index (χ4v) is 4.75. The Morgan fingerprint density at radius 1 is 1.07 bits per heavy atom. The zero-order valence-electron chi connectivity index (χ0n) is 16.4. The van der Waals surface area contributed by atoms with E-state index in [-0.39, 0.29) is 59.8 Å². The average Bonchev–Trinajstić information content (AvgIpc) is 3.33. The molecule has 145 valence electrons. The molecule has 3 aliphatic rings. The second-order valence-electron chi connectivity index (χ2n) is 6.98. The summed E-state index contributed by atoms with van der Waals surface area (Å²) in [5, 5.41) is 4.38. The molecule has 0 aromatic heterocycles. The quantitative estimate of drug-likeness (QED) is 0.413. The van der Waals surface area contributed by atoms with Crippen LogP contribution >= 0.6 is 24.8 Å². The Balaban J connectivity index is 0.000000311. The van der Waals surface area contributed by atoms with Crippen molar-refractivity contribution in [3.8, 4) is 0 Å². The van der Waals surface area contributed by atoms with Crippen molar-refractivity contribution in [1.29, 1.82) is 0 Å². The molecule has 1 heterocycles. The van der Waals surface area contributed by atoms with Crippen molar-refractivity contribution >= 4 is 50.9 Å². The number of allylic oxidation sites excluding steroid dienone is 4. The number of hydrogen-bond acceptors (Lipinski definition) is 1. The van der Waals surface area contributed by atoms with Gasteiger partial charge in [0.2, 0.25) is 0 Å². The summed E-state index contributed by atoms with van der Waals surface area (Å²) in [5.74, 6) is 0. The van der Waals surface area contributed by atoms with Gasteiger partial charge in [0, 0.05) is 32.2 Å². The van der Waals surface area contributed by atoms with Gasteiger partial charge in [-0.05, 0) is 24.4 Å². The summed E-state index contributed by atoms with van der Waals surface area (Å²) in [6, 6.07) is 18.6. The van der Waals surface area contributed by atoms with E-state index >= 15 is 0 Å². The molecule has 5 heteroatoms. The van der Waals surface area contributed by atoms with Crippen LogP contribution in [0, 0.1) is 6.07 Å². The zero-order chi connectivity index (χ0) is 17.4. The van der Waals surface area contributed by atoms with E-state index in [2.05, 4.69) is 91.8 Å². The first kappa shape index (κ1) is 25.2. The first-order valence-electron chi connectivity index (χ1n) is 8.88. The molecule has 0 fully saturated rings. The number of nitrogens with zero attached hydrogens (tertiary/aromatic N) is 1. The molecule has 1 atom stereocenters. The number of halogens is 2. The average molecular weight is 506 g/mol. The van der Waals surface area contributed by atoms with Gasteiger partial charge in [-0.25, -0.2) is 0 Å². The molecule has 1 nitrogen and oxygen atoms in total. The van der Waals surface area contributed by atoms with Crippen LogP contribution in [0.1, 0.15) is 12.0 Å². The predicted octanol–water partition coefficient (Wildman–Crippen LogP) is 4.31. The number of benzene rings is 2. The summed E-state index contributed by atoms with van der Waals surface area (Å²) in [6.45, 7) is 4.67. The van der Waals surface area contributed by atoms with Crippen LogP contribution in [0.15, 0.2) is 65.9 Å². The van der Waals surface area contributed by atoms with Gasteiger partial charge in [-0.2, -0.15) is 0 Å². The first-order chi connectivity index (χ1) is 12.2. The molecular formula is C23H25Cl2NSiZr-. The maximum Gasteiger partial charge on any atom is 0.0741 e. The molecule has 0 bridgehead atoms. The van der Waals surface area contributed by atoms with Gasteiger partial charge in [-0.1, -0.05) is 77.7 Å². The Kier molecular flexibility index (Phi) is 9.70. The topological polar surface area (TPSA) is 3.24 Å².